The molecule has 0 saturated heterocycles. The number of nitrogens with two attached hydrogens (primary N) is 1. The molecule has 1 amide bonds. The van der Waals surface area contributed by atoms with Gasteiger partial charge in [-0.25, -0.2) is 23.1 Å². The Morgan fingerprint density at radius 1 is 1.29 bits per heavy atom. The number of hydrogen-bond donors (Lipinski definition) is 3. The number of hydrogen-bond acceptors (Lipinski definition) is 4. The van der Waals surface area contributed by atoms with Crippen LogP contribution in [0.1, 0.15) is 61.9 Å². The maximum Gasteiger partial charge on any atom is 0.405 e. The Morgan fingerprint density at radius 3 is 2.57 bits per heavy atom. The number of amides is 1. The molecule has 0 unspecified atom stereocenters. The van der Waals surface area contributed by atoms with Crippen molar-refractivity contribution >= 4 is 24.1 Å². The van der Waals surface area contributed by atoms with E-state index in [2.05, 4.69) is 15.4 Å². The van der Waals surface area contributed by atoms with E-state index in [1.165, 1.54) is 0 Å². The maximum absolute atomic E-state index is 13.4. The van der Waals surface area contributed by atoms with Crippen LogP contribution in [0.25, 0.3) is 5.65 Å². The van der Waals surface area contributed by atoms with Crippen molar-refractivity contribution in [3.05, 3.63) is 29.7 Å². The summed E-state index contributed by atoms with van der Waals surface area (Å²) in [6, 6.07) is 1.11. The van der Waals surface area contributed by atoms with Crippen LogP contribution >= 0.6 is 12.4 Å². The summed E-state index contributed by atoms with van der Waals surface area (Å²) in [5.74, 6) is -2.33. The quantitative estimate of drug-likeness (QED) is 0.690. The van der Waals surface area contributed by atoms with Crippen molar-refractivity contribution in [1.82, 2.24) is 19.9 Å². The second-order valence-corrected chi connectivity index (χ2v) is 7.74. The third-order valence-electron chi connectivity index (χ3n) is 5.70. The lowest BCUT2D eigenvalue weighted by Gasteiger charge is -2.31. The number of carbonyl (C=O) groups is 1. The molecule has 2 aliphatic carbocycles. The molecule has 4 rings (SSSR count). The van der Waals surface area contributed by atoms with E-state index in [4.69, 9.17) is 10.8 Å². The zero-order valence-electron chi connectivity index (χ0n) is 15.2. The molecule has 28 heavy (non-hydrogen) atoms. The number of imidazole rings is 1. The first kappa shape index (κ1) is 20.7. The molecule has 2 aromatic heterocycles. The second kappa shape index (κ2) is 7.79. The van der Waals surface area contributed by atoms with Gasteiger partial charge in [0.1, 0.15) is 0 Å². The summed E-state index contributed by atoms with van der Waals surface area (Å²) >= 11 is 0. The highest BCUT2D eigenvalue weighted by Crippen LogP contribution is 2.42. The van der Waals surface area contributed by atoms with E-state index in [0.29, 0.717) is 24.2 Å². The summed E-state index contributed by atoms with van der Waals surface area (Å²) in [5, 5.41) is 16.0. The number of nitrogens with zero attached hydrogens (tertiary/aromatic N) is 3. The molecule has 2 atom stereocenters. The van der Waals surface area contributed by atoms with Crippen LogP contribution in [0.15, 0.2) is 18.5 Å². The van der Waals surface area contributed by atoms with E-state index >= 15 is 0 Å². The van der Waals surface area contributed by atoms with E-state index in [1.54, 1.807) is 16.9 Å². The van der Waals surface area contributed by atoms with Crippen molar-refractivity contribution in [2.75, 3.05) is 0 Å². The molecule has 154 valence electrons. The second-order valence-electron chi connectivity index (χ2n) is 7.74. The summed E-state index contributed by atoms with van der Waals surface area (Å²) in [6.07, 6.45) is 4.76. The molecule has 0 radical (unpaired) electrons. The normalized spacial score (nSPS) is 21.7. The van der Waals surface area contributed by atoms with Crippen molar-refractivity contribution in [3.63, 3.8) is 0 Å². The van der Waals surface area contributed by atoms with Crippen LogP contribution in [0.3, 0.4) is 0 Å². The molecular weight excluding hydrogens is 392 g/mol. The Morgan fingerprint density at radius 2 is 1.96 bits per heavy atom. The Labute approximate surface area is 167 Å². The summed E-state index contributed by atoms with van der Waals surface area (Å²) in [7, 11) is 0. The summed E-state index contributed by atoms with van der Waals surface area (Å²) in [4.78, 5) is 15.6. The molecule has 0 aromatic carbocycles. The van der Waals surface area contributed by atoms with Crippen molar-refractivity contribution in [1.29, 1.82) is 0 Å². The average molecular weight is 416 g/mol. The third-order valence-corrected chi connectivity index (χ3v) is 5.70. The molecule has 7 nitrogen and oxygen atoms in total. The van der Waals surface area contributed by atoms with Gasteiger partial charge in [0.05, 0.1) is 30.2 Å². The Kier molecular flexibility index (Phi) is 5.77. The largest absolute Gasteiger partial charge is 0.465 e. The van der Waals surface area contributed by atoms with Crippen LogP contribution in [0.4, 0.5) is 13.6 Å². The van der Waals surface area contributed by atoms with Gasteiger partial charge in [-0.05, 0) is 49.1 Å². The summed E-state index contributed by atoms with van der Waals surface area (Å²) in [6.45, 7) is 0. The van der Waals surface area contributed by atoms with Gasteiger partial charge >= 0.3 is 6.09 Å². The van der Waals surface area contributed by atoms with Gasteiger partial charge in [0.15, 0.2) is 5.65 Å². The van der Waals surface area contributed by atoms with Crippen LogP contribution in [0.5, 0.6) is 0 Å². The predicted molar refractivity (Wildman–Crippen MR) is 101 cm³/mol. The molecule has 0 spiro atoms. The number of rotatable bonds is 5. The predicted octanol–water partition coefficient (Wildman–Crippen LogP) is 3.70. The molecule has 10 heteroatoms. The van der Waals surface area contributed by atoms with E-state index in [-0.39, 0.29) is 43.1 Å². The molecule has 2 heterocycles. The van der Waals surface area contributed by atoms with E-state index < -0.39 is 18.1 Å². The molecule has 2 aliphatic rings. The van der Waals surface area contributed by atoms with Crippen LogP contribution in [-0.2, 0) is 0 Å². The highest BCUT2D eigenvalue weighted by Gasteiger charge is 2.38. The average Bonchev–Trinajstić information content (AvgIpc) is 3.36. The van der Waals surface area contributed by atoms with Crippen LogP contribution in [0.2, 0.25) is 0 Å². The zero-order valence-corrected chi connectivity index (χ0v) is 16.0. The van der Waals surface area contributed by atoms with E-state index in [1.807, 2.05) is 6.07 Å². The minimum absolute atomic E-state index is 0. The molecule has 2 aromatic rings. The van der Waals surface area contributed by atoms with Crippen molar-refractivity contribution < 1.29 is 18.7 Å². The molecular formula is C18H24ClF2N5O2. The monoisotopic (exact) mass is 415 g/mol. The van der Waals surface area contributed by atoms with Crippen molar-refractivity contribution in [2.45, 2.75) is 56.5 Å². The van der Waals surface area contributed by atoms with Crippen LogP contribution < -0.4 is 11.1 Å². The van der Waals surface area contributed by atoms with Crippen LogP contribution in [0, 0.1) is 11.8 Å². The minimum atomic E-state index is -2.58. The number of halogens is 3. The van der Waals surface area contributed by atoms with Gasteiger partial charge in [0.2, 0.25) is 5.92 Å². The Balaban J connectivity index is 0.00000225. The van der Waals surface area contributed by atoms with Crippen molar-refractivity contribution in [2.24, 2.45) is 17.6 Å². The van der Waals surface area contributed by atoms with Gasteiger partial charge in [0, 0.05) is 12.8 Å². The van der Waals surface area contributed by atoms with E-state index in [9.17, 15) is 13.6 Å². The molecule has 4 N–H and O–H groups in total. The van der Waals surface area contributed by atoms with Gasteiger partial charge in [-0.1, -0.05) is 0 Å². The van der Waals surface area contributed by atoms with Gasteiger partial charge in [0.25, 0.3) is 0 Å². The highest BCUT2D eigenvalue weighted by atomic mass is 35.5. The standard InChI is InChI=1S/C18H23F2N5O2.ClH/c19-18(20)5-3-10(4-6-18)15(21)13-9-25-14(23-13)7-12(8-22-25)16(11-1-2-11)24-17(26)27;/h7-11,15-16,24H,1-6,21H2,(H,26,27);1H/t15-,16+;/m0./s1. The summed E-state index contributed by atoms with van der Waals surface area (Å²) < 4.78 is 28.3. The number of carboxylic acid groups (broad SMARTS) is 1. The van der Waals surface area contributed by atoms with Crippen LogP contribution in [-0.4, -0.2) is 31.7 Å². The van der Waals surface area contributed by atoms with Gasteiger partial charge in [-0.3, -0.25) is 0 Å². The lowest BCUT2D eigenvalue weighted by atomic mass is 9.81. The topological polar surface area (TPSA) is 106 Å². The lowest BCUT2D eigenvalue weighted by molar-refractivity contribution is -0.0484. The fourth-order valence-corrected chi connectivity index (χ4v) is 3.94. The first-order chi connectivity index (χ1) is 12.8. The number of fused-ring (bicyclic) bond motifs is 1. The SMILES string of the molecule is Cl.N[C@H](c1cn2ncc([C@H](NC(=O)O)C3CC3)cc2n1)C1CCC(F)(F)CC1. The molecule has 2 saturated carbocycles. The molecule has 0 aliphatic heterocycles. The first-order valence-electron chi connectivity index (χ1n) is 9.30. The fraction of sp³-hybridized carbons (Fsp3) is 0.611. The van der Waals surface area contributed by atoms with Crippen molar-refractivity contribution in [3.8, 4) is 0 Å². The smallest absolute Gasteiger partial charge is 0.405 e. The number of aromatic nitrogens is 3. The van der Waals surface area contributed by atoms with Gasteiger partial charge < -0.3 is 16.2 Å². The first-order valence-corrected chi connectivity index (χ1v) is 9.30. The maximum atomic E-state index is 13.4. The number of alkyl halides is 2. The molecule has 2 fully saturated rings. The lowest BCUT2D eigenvalue weighted by Crippen LogP contribution is -2.31. The van der Waals surface area contributed by atoms with E-state index in [0.717, 1.165) is 18.4 Å². The zero-order chi connectivity index (χ0) is 19.2. The van der Waals surface area contributed by atoms with Gasteiger partial charge in [-0.15, -0.1) is 12.4 Å². The Bertz CT molecular complexity index is 848. The van der Waals surface area contributed by atoms with Gasteiger partial charge in [-0.2, -0.15) is 5.10 Å². The number of nitrogens with one attached hydrogen (secondary N) is 1. The molecule has 0 bridgehead atoms. The fourth-order valence-electron chi connectivity index (χ4n) is 3.94. The highest BCUT2D eigenvalue weighted by molar-refractivity contribution is 5.85. The summed E-state index contributed by atoms with van der Waals surface area (Å²) in [5.41, 5.74) is 8.29. The third kappa shape index (κ3) is 4.35. The minimum Gasteiger partial charge on any atom is -0.465 e. The Hall–Kier alpha value is -2.00.